The van der Waals surface area contributed by atoms with E-state index in [0.717, 1.165) is 19.5 Å². The highest BCUT2D eigenvalue weighted by atomic mass is 16.2. The Kier molecular flexibility index (Phi) is 3.51. The van der Waals surface area contributed by atoms with Crippen LogP contribution in [0.4, 0.5) is 0 Å². The molecule has 1 saturated heterocycles. The topological polar surface area (TPSA) is 68.1 Å². The Morgan fingerprint density at radius 1 is 1.65 bits per heavy atom. The Balaban J connectivity index is 1.89. The van der Waals surface area contributed by atoms with Crippen molar-refractivity contribution in [3.63, 3.8) is 0 Å². The normalized spacial score (nSPS) is 19.6. The van der Waals surface area contributed by atoms with E-state index in [1.165, 1.54) is 0 Å². The molecule has 1 aliphatic rings. The van der Waals surface area contributed by atoms with Gasteiger partial charge in [0.05, 0.1) is 6.20 Å². The Labute approximate surface area is 99.6 Å². The van der Waals surface area contributed by atoms with Crippen LogP contribution in [0.25, 0.3) is 0 Å². The van der Waals surface area contributed by atoms with Crippen molar-refractivity contribution in [2.75, 3.05) is 13.1 Å². The minimum absolute atomic E-state index is 0.208. The average Bonchev–Trinajstić information content (AvgIpc) is 2.97. The van der Waals surface area contributed by atoms with Crippen LogP contribution < -0.4 is 0 Å². The maximum atomic E-state index is 11.5. The number of carbonyl (C=O) groups is 2. The molecule has 1 atom stereocenters. The third-order valence-corrected chi connectivity index (χ3v) is 3.06. The van der Waals surface area contributed by atoms with Gasteiger partial charge >= 0.3 is 0 Å². The van der Waals surface area contributed by atoms with Crippen molar-refractivity contribution in [1.29, 1.82) is 0 Å². The lowest BCUT2D eigenvalue weighted by Crippen LogP contribution is -2.28. The number of aldehydes is 1. The van der Waals surface area contributed by atoms with Gasteiger partial charge in [-0.15, -0.1) is 5.10 Å². The highest BCUT2D eigenvalue weighted by Gasteiger charge is 2.25. The summed E-state index contributed by atoms with van der Waals surface area (Å²) in [5.74, 6) is 0.617. The van der Waals surface area contributed by atoms with Crippen molar-refractivity contribution in [3.8, 4) is 0 Å². The van der Waals surface area contributed by atoms with E-state index < -0.39 is 0 Å². The van der Waals surface area contributed by atoms with Crippen LogP contribution in [0.1, 0.15) is 30.3 Å². The van der Waals surface area contributed by atoms with Crippen molar-refractivity contribution in [2.24, 2.45) is 5.92 Å². The molecule has 92 valence electrons. The predicted octanol–water partition coefficient (Wildman–Crippen LogP) is 0.349. The van der Waals surface area contributed by atoms with Crippen LogP contribution in [0.3, 0.4) is 0 Å². The molecular formula is C11H16N4O2. The first-order valence-corrected chi connectivity index (χ1v) is 5.86. The molecule has 0 aromatic carbocycles. The van der Waals surface area contributed by atoms with Crippen molar-refractivity contribution < 1.29 is 9.59 Å². The van der Waals surface area contributed by atoms with Crippen LogP contribution in [0.5, 0.6) is 0 Å². The first-order chi connectivity index (χ1) is 8.22. The second-order valence-electron chi connectivity index (χ2n) is 4.33. The van der Waals surface area contributed by atoms with E-state index in [-0.39, 0.29) is 5.91 Å². The molecule has 0 radical (unpaired) electrons. The van der Waals surface area contributed by atoms with Crippen LogP contribution in [0, 0.1) is 5.92 Å². The van der Waals surface area contributed by atoms with Crippen LogP contribution in [-0.2, 0) is 11.3 Å². The number of rotatable bonds is 4. The molecule has 2 rings (SSSR count). The largest absolute Gasteiger partial charge is 0.342 e. The standard InChI is InChI=1S/C11H16N4O2/c1-2-11(17)14-4-3-9(5-14)6-15-7-10(8-16)12-13-15/h7-9H,2-6H2,1H3. The number of carbonyl (C=O) groups excluding carboxylic acids is 2. The number of aromatic nitrogens is 3. The molecule has 1 fully saturated rings. The van der Waals surface area contributed by atoms with Gasteiger partial charge in [-0.2, -0.15) is 0 Å². The van der Waals surface area contributed by atoms with E-state index in [1.54, 1.807) is 10.9 Å². The van der Waals surface area contributed by atoms with Crippen molar-refractivity contribution in [1.82, 2.24) is 19.9 Å². The fraction of sp³-hybridized carbons (Fsp3) is 0.636. The van der Waals surface area contributed by atoms with E-state index in [0.29, 0.717) is 30.9 Å². The van der Waals surface area contributed by atoms with Gasteiger partial charge in [0.2, 0.25) is 5.91 Å². The minimum atomic E-state index is 0.208. The summed E-state index contributed by atoms with van der Waals surface area (Å²) < 4.78 is 1.67. The summed E-state index contributed by atoms with van der Waals surface area (Å²) in [5, 5.41) is 7.58. The number of hydrogen-bond acceptors (Lipinski definition) is 4. The number of nitrogens with zero attached hydrogens (tertiary/aromatic N) is 4. The summed E-state index contributed by atoms with van der Waals surface area (Å²) in [5.41, 5.74) is 0.351. The average molecular weight is 236 g/mol. The molecule has 0 saturated carbocycles. The van der Waals surface area contributed by atoms with Gasteiger partial charge in [-0.25, -0.2) is 0 Å². The third kappa shape index (κ3) is 2.69. The molecule has 0 spiro atoms. The Hall–Kier alpha value is -1.72. The lowest BCUT2D eigenvalue weighted by atomic mass is 10.1. The van der Waals surface area contributed by atoms with Crippen molar-refractivity contribution in [2.45, 2.75) is 26.3 Å². The van der Waals surface area contributed by atoms with Gasteiger partial charge in [0, 0.05) is 26.1 Å². The third-order valence-electron chi connectivity index (χ3n) is 3.06. The first kappa shape index (κ1) is 11.8. The monoisotopic (exact) mass is 236 g/mol. The lowest BCUT2D eigenvalue weighted by molar-refractivity contribution is -0.129. The fourth-order valence-corrected chi connectivity index (χ4v) is 2.15. The SMILES string of the molecule is CCC(=O)N1CCC(Cn2cc(C=O)nn2)C1. The van der Waals surface area contributed by atoms with Crippen molar-refractivity contribution in [3.05, 3.63) is 11.9 Å². The van der Waals surface area contributed by atoms with Gasteiger partial charge < -0.3 is 4.90 Å². The zero-order valence-electron chi connectivity index (χ0n) is 9.87. The van der Waals surface area contributed by atoms with E-state index in [1.807, 2.05) is 11.8 Å². The van der Waals surface area contributed by atoms with Crippen LogP contribution >= 0.6 is 0 Å². The molecule has 0 N–H and O–H groups in total. The number of hydrogen-bond donors (Lipinski definition) is 0. The summed E-state index contributed by atoms with van der Waals surface area (Å²) in [6, 6.07) is 0. The van der Waals surface area contributed by atoms with E-state index >= 15 is 0 Å². The van der Waals surface area contributed by atoms with E-state index in [9.17, 15) is 9.59 Å². The number of likely N-dealkylation sites (tertiary alicyclic amines) is 1. The molecule has 2 heterocycles. The summed E-state index contributed by atoms with van der Waals surface area (Å²) in [4.78, 5) is 23.9. The fourth-order valence-electron chi connectivity index (χ4n) is 2.15. The van der Waals surface area contributed by atoms with Gasteiger partial charge in [0.25, 0.3) is 0 Å². The van der Waals surface area contributed by atoms with Crippen molar-refractivity contribution >= 4 is 12.2 Å². The smallest absolute Gasteiger partial charge is 0.222 e. The lowest BCUT2D eigenvalue weighted by Gasteiger charge is -2.15. The maximum Gasteiger partial charge on any atom is 0.222 e. The molecule has 1 aromatic rings. The van der Waals surface area contributed by atoms with Gasteiger partial charge in [0.1, 0.15) is 5.69 Å². The summed E-state index contributed by atoms with van der Waals surface area (Å²) in [6.45, 7) is 4.20. The molecule has 17 heavy (non-hydrogen) atoms. The minimum Gasteiger partial charge on any atom is -0.342 e. The second kappa shape index (κ2) is 5.07. The summed E-state index contributed by atoms with van der Waals surface area (Å²) in [6.07, 6.45) is 3.87. The maximum absolute atomic E-state index is 11.5. The summed E-state index contributed by atoms with van der Waals surface area (Å²) in [7, 11) is 0. The van der Waals surface area contributed by atoms with Gasteiger partial charge in [-0.1, -0.05) is 12.1 Å². The molecule has 6 heteroatoms. The zero-order valence-corrected chi connectivity index (χ0v) is 9.87. The molecule has 6 nitrogen and oxygen atoms in total. The molecule has 1 amide bonds. The first-order valence-electron chi connectivity index (χ1n) is 5.86. The quantitative estimate of drug-likeness (QED) is 0.707. The molecule has 1 unspecified atom stereocenters. The van der Waals surface area contributed by atoms with Gasteiger partial charge in [0.15, 0.2) is 6.29 Å². The highest BCUT2D eigenvalue weighted by molar-refractivity contribution is 5.76. The molecule has 0 bridgehead atoms. The molecular weight excluding hydrogens is 220 g/mol. The molecule has 1 aliphatic heterocycles. The van der Waals surface area contributed by atoms with E-state index in [4.69, 9.17) is 0 Å². The second-order valence-corrected chi connectivity index (χ2v) is 4.33. The van der Waals surface area contributed by atoms with Crippen LogP contribution in [0.15, 0.2) is 6.20 Å². The Bertz CT molecular complexity index is 415. The predicted molar refractivity (Wildman–Crippen MR) is 60.4 cm³/mol. The Morgan fingerprint density at radius 2 is 2.47 bits per heavy atom. The zero-order chi connectivity index (χ0) is 12.3. The molecule has 1 aromatic heterocycles. The van der Waals surface area contributed by atoms with Crippen LogP contribution in [-0.4, -0.2) is 45.2 Å². The number of amides is 1. The van der Waals surface area contributed by atoms with E-state index in [2.05, 4.69) is 10.3 Å². The Morgan fingerprint density at radius 3 is 3.12 bits per heavy atom. The highest BCUT2D eigenvalue weighted by Crippen LogP contribution is 2.18. The van der Waals surface area contributed by atoms with Gasteiger partial charge in [-0.05, 0) is 12.3 Å². The van der Waals surface area contributed by atoms with Crippen LogP contribution in [0.2, 0.25) is 0 Å². The molecule has 0 aliphatic carbocycles. The summed E-state index contributed by atoms with van der Waals surface area (Å²) >= 11 is 0. The van der Waals surface area contributed by atoms with Gasteiger partial charge in [-0.3, -0.25) is 14.3 Å².